The second kappa shape index (κ2) is 7.88. The van der Waals surface area contributed by atoms with Gasteiger partial charge in [0.1, 0.15) is 16.4 Å². The number of methoxy groups -OCH3 is 2. The highest BCUT2D eigenvalue weighted by molar-refractivity contribution is 7.89. The molecule has 0 saturated carbocycles. The summed E-state index contributed by atoms with van der Waals surface area (Å²) in [6.07, 6.45) is -0.335. The van der Waals surface area contributed by atoms with Crippen LogP contribution in [0.3, 0.4) is 0 Å². The average molecular weight is 391 g/mol. The summed E-state index contributed by atoms with van der Waals surface area (Å²) in [5, 5.41) is 0. The molecule has 2 atom stereocenters. The third-order valence-electron chi connectivity index (χ3n) is 4.77. The van der Waals surface area contributed by atoms with Crippen LogP contribution in [-0.4, -0.2) is 46.1 Å². The predicted octanol–water partition coefficient (Wildman–Crippen LogP) is 3.16. The molecule has 1 fully saturated rings. The van der Waals surface area contributed by atoms with E-state index in [0.29, 0.717) is 12.4 Å². The Balaban J connectivity index is 1.93. The molecule has 0 aliphatic carbocycles. The van der Waals surface area contributed by atoms with Gasteiger partial charge in [0.25, 0.3) is 0 Å². The first-order valence-electron chi connectivity index (χ1n) is 8.79. The number of hydrogen-bond acceptors (Lipinski definition) is 5. The molecule has 3 rings (SSSR count). The Hall–Kier alpha value is -2.09. The fourth-order valence-corrected chi connectivity index (χ4v) is 5.06. The summed E-state index contributed by atoms with van der Waals surface area (Å²) in [6.45, 7) is 4.28. The second-order valence-corrected chi connectivity index (χ2v) is 8.53. The van der Waals surface area contributed by atoms with Crippen LogP contribution in [0.2, 0.25) is 0 Å². The minimum absolute atomic E-state index is 0.187. The van der Waals surface area contributed by atoms with Crippen LogP contribution in [0.25, 0.3) is 0 Å². The van der Waals surface area contributed by atoms with Crippen molar-refractivity contribution in [1.29, 1.82) is 0 Å². The molecule has 27 heavy (non-hydrogen) atoms. The molecule has 146 valence electrons. The number of sulfonamides is 1. The van der Waals surface area contributed by atoms with Crippen LogP contribution in [0.1, 0.15) is 24.2 Å². The second-order valence-electron chi connectivity index (χ2n) is 6.67. The topological polar surface area (TPSA) is 65.1 Å². The summed E-state index contributed by atoms with van der Waals surface area (Å²) in [6, 6.07) is 12.4. The molecule has 1 heterocycles. The van der Waals surface area contributed by atoms with Crippen LogP contribution in [-0.2, 0) is 14.8 Å². The predicted molar refractivity (Wildman–Crippen MR) is 103 cm³/mol. The highest BCUT2D eigenvalue weighted by Gasteiger charge is 2.37. The summed E-state index contributed by atoms with van der Waals surface area (Å²) in [7, 11) is -0.639. The van der Waals surface area contributed by atoms with E-state index in [1.54, 1.807) is 19.2 Å². The summed E-state index contributed by atoms with van der Waals surface area (Å²) in [5.74, 6) is 1.09. The van der Waals surface area contributed by atoms with Gasteiger partial charge < -0.3 is 14.2 Å². The van der Waals surface area contributed by atoms with Gasteiger partial charge >= 0.3 is 0 Å². The Labute approximate surface area is 160 Å². The molecule has 1 aliphatic heterocycles. The fraction of sp³-hybridized carbons (Fsp3) is 0.400. The zero-order valence-corrected chi connectivity index (χ0v) is 16.8. The maximum absolute atomic E-state index is 13.4. The quantitative estimate of drug-likeness (QED) is 0.783. The monoisotopic (exact) mass is 391 g/mol. The van der Waals surface area contributed by atoms with E-state index < -0.39 is 10.0 Å². The fourth-order valence-electron chi connectivity index (χ4n) is 3.20. The van der Waals surface area contributed by atoms with E-state index in [-0.39, 0.29) is 23.6 Å². The summed E-state index contributed by atoms with van der Waals surface area (Å²) in [5.41, 5.74) is 1.78. The Bertz CT molecular complexity index is 895. The first-order valence-corrected chi connectivity index (χ1v) is 10.2. The lowest BCUT2D eigenvalue weighted by molar-refractivity contribution is -0.0289. The van der Waals surface area contributed by atoms with E-state index in [0.717, 1.165) is 16.9 Å². The molecule has 0 N–H and O–H groups in total. The van der Waals surface area contributed by atoms with E-state index in [1.165, 1.54) is 11.4 Å². The molecule has 1 saturated heterocycles. The first-order chi connectivity index (χ1) is 12.9. The zero-order chi connectivity index (χ0) is 19.6. The largest absolute Gasteiger partial charge is 0.497 e. The van der Waals surface area contributed by atoms with Gasteiger partial charge in [-0.1, -0.05) is 18.2 Å². The number of hydrogen-bond donors (Lipinski definition) is 0. The maximum Gasteiger partial charge on any atom is 0.247 e. The average Bonchev–Trinajstić information content (AvgIpc) is 2.68. The molecule has 0 amide bonds. The number of ether oxygens (including phenoxy) is 3. The normalized spacial score (nSPS) is 21.0. The lowest BCUT2D eigenvalue weighted by atomic mass is 10.1. The molecule has 2 aromatic rings. The van der Waals surface area contributed by atoms with E-state index in [9.17, 15) is 8.42 Å². The van der Waals surface area contributed by atoms with Crippen molar-refractivity contribution in [3.8, 4) is 11.5 Å². The molecule has 0 radical (unpaired) electrons. The van der Waals surface area contributed by atoms with Crippen molar-refractivity contribution in [1.82, 2.24) is 4.31 Å². The van der Waals surface area contributed by atoms with E-state index in [2.05, 4.69) is 0 Å². The van der Waals surface area contributed by atoms with Crippen LogP contribution in [0.15, 0.2) is 47.4 Å². The van der Waals surface area contributed by atoms with Crippen molar-refractivity contribution in [2.45, 2.75) is 30.9 Å². The molecule has 1 aliphatic rings. The molecule has 0 aromatic heterocycles. The zero-order valence-electron chi connectivity index (χ0n) is 16.0. The third kappa shape index (κ3) is 3.95. The smallest absolute Gasteiger partial charge is 0.247 e. The highest BCUT2D eigenvalue weighted by Crippen LogP contribution is 2.33. The standard InChI is InChI=1S/C20H25NO5S/c1-14-5-10-18(25-4)20(11-14)27(22,23)21-12-19(26-13-15(21)2)16-6-8-17(24-3)9-7-16/h5-11,15,19H,12-13H2,1-4H3. The van der Waals surface area contributed by atoms with Crippen LogP contribution in [0, 0.1) is 6.92 Å². The maximum atomic E-state index is 13.4. The Morgan fingerprint density at radius 2 is 1.78 bits per heavy atom. The van der Waals surface area contributed by atoms with Crippen molar-refractivity contribution >= 4 is 10.0 Å². The van der Waals surface area contributed by atoms with Gasteiger partial charge in [0.2, 0.25) is 10.0 Å². The van der Waals surface area contributed by atoms with Crippen molar-refractivity contribution < 1.29 is 22.6 Å². The Morgan fingerprint density at radius 3 is 2.41 bits per heavy atom. The van der Waals surface area contributed by atoms with Crippen LogP contribution >= 0.6 is 0 Å². The number of rotatable bonds is 5. The van der Waals surface area contributed by atoms with E-state index in [4.69, 9.17) is 14.2 Å². The Kier molecular flexibility index (Phi) is 5.74. The first kappa shape index (κ1) is 19.7. The van der Waals surface area contributed by atoms with Crippen LogP contribution in [0.4, 0.5) is 0 Å². The molecule has 0 spiro atoms. The third-order valence-corrected chi connectivity index (χ3v) is 6.77. The van der Waals surface area contributed by atoms with E-state index in [1.807, 2.05) is 44.2 Å². The van der Waals surface area contributed by atoms with Crippen molar-refractivity contribution in [3.63, 3.8) is 0 Å². The molecule has 7 heteroatoms. The molecule has 0 bridgehead atoms. The number of benzene rings is 2. The van der Waals surface area contributed by atoms with Gasteiger partial charge in [-0.05, 0) is 49.2 Å². The highest BCUT2D eigenvalue weighted by atomic mass is 32.2. The van der Waals surface area contributed by atoms with Gasteiger partial charge in [-0.3, -0.25) is 0 Å². The van der Waals surface area contributed by atoms with Crippen molar-refractivity contribution in [2.24, 2.45) is 0 Å². The van der Waals surface area contributed by atoms with Crippen molar-refractivity contribution in [3.05, 3.63) is 53.6 Å². The minimum Gasteiger partial charge on any atom is -0.497 e. The SMILES string of the molecule is COc1ccc(C2CN(S(=O)(=O)c3cc(C)ccc3OC)C(C)CO2)cc1. The molecular formula is C20H25NO5S. The lowest BCUT2D eigenvalue weighted by Gasteiger charge is -2.37. The van der Waals surface area contributed by atoms with Gasteiger partial charge in [-0.2, -0.15) is 4.31 Å². The molecule has 2 aromatic carbocycles. The minimum atomic E-state index is -3.73. The number of morpholine rings is 1. The van der Waals surface area contributed by atoms with Crippen LogP contribution < -0.4 is 9.47 Å². The molecule has 2 unspecified atom stereocenters. The Morgan fingerprint density at radius 1 is 1.07 bits per heavy atom. The number of aryl methyl sites for hydroxylation is 1. The van der Waals surface area contributed by atoms with Gasteiger partial charge in [-0.15, -0.1) is 0 Å². The van der Waals surface area contributed by atoms with Crippen molar-refractivity contribution in [2.75, 3.05) is 27.4 Å². The summed E-state index contributed by atoms with van der Waals surface area (Å²) in [4.78, 5) is 0.187. The van der Waals surface area contributed by atoms with Gasteiger partial charge in [0, 0.05) is 12.6 Å². The number of nitrogens with zero attached hydrogens (tertiary/aromatic N) is 1. The van der Waals surface area contributed by atoms with Gasteiger partial charge in [-0.25, -0.2) is 8.42 Å². The summed E-state index contributed by atoms with van der Waals surface area (Å²) < 4.78 is 44.7. The van der Waals surface area contributed by atoms with Gasteiger partial charge in [0.05, 0.1) is 26.9 Å². The molecule has 6 nitrogen and oxygen atoms in total. The molecular weight excluding hydrogens is 366 g/mol. The van der Waals surface area contributed by atoms with Crippen LogP contribution in [0.5, 0.6) is 11.5 Å². The van der Waals surface area contributed by atoms with E-state index >= 15 is 0 Å². The lowest BCUT2D eigenvalue weighted by Crippen LogP contribution is -2.48. The summed E-state index contributed by atoms with van der Waals surface area (Å²) >= 11 is 0. The van der Waals surface area contributed by atoms with Gasteiger partial charge in [0.15, 0.2) is 0 Å².